The molecule has 0 aliphatic heterocycles. The largest absolute Gasteiger partial charge is 0.303 e. The van der Waals surface area contributed by atoms with Crippen LogP contribution < -0.4 is 0 Å². The molecule has 0 bridgehead atoms. The number of rotatable bonds is 42. The van der Waals surface area contributed by atoms with Crippen LogP contribution in [0.25, 0.3) is 0 Å². The van der Waals surface area contributed by atoms with Crippen molar-refractivity contribution < 1.29 is 0 Å². The van der Waals surface area contributed by atoms with Gasteiger partial charge in [0.25, 0.3) is 0 Å². The van der Waals surface area contributed by atoms with Crippen molar-refractivity contribution in [3.05, 3.63) is 25.3 Å². The zero-order valence-electron chi connectivity index (χ0n) is 33.0. The van der Waals surface area contributed by atoms with Crippen LogP contribution in [-0.4, -0.2) is 49.1 Å². The molecule has 0 fully saturated rings. The van der Waals surface area contributed by atoms with Crippen molar-refractivity contribution in [2.45, 2.75) is 226 Å². The number of hydrogen-bond acceptors (Lipinski definition) is 2. The average molecular weight is 659 g/mol. The second-order valence-corrected chi connectivity index (χ2v) is 15.1. The van der Waals surface area contributed by atoms with Gasteiger partial charge in [-0.1, -0.05) is 219 Å². The molecule has 0 spiro atoms. The molecule has 0 saturated carbocycles. The van der Waals surface area contributed by atoms with E-state index in [0.717, 1.165) is 19.6 Å². The number of unbranched alkanes of at least 4 members (excludes halogenated alkanes) is 30. The molecule has 0 rings (SSSR count). The molecule has 0 amide bonds. The van der Waals surface area contributed by atoms with Crippen molar-refractivity contribution in [3.63, 3.8) is 0 Å². The van der Waals surface area contributed by atoms with E-state index < -0.39 is 0 Å². The van der Waals surface area contributed by atoms with Crippen LogP contribution in [0.5, 0.6) is 0 Å². The maximum Gasteiger partial charge on any atom is 0.0163 e. The third-order valence-corrected chi connectivity index (χ3v) is 10.4. The lowest BCUT2D eigenvalue weighted by atomic mass is 10.0. The minimum atomic E-state index is 0.976. The number of nitrogens with zero attached hydrogens (tertiary/aromatic N) is 2. The second kappa shape index (κ2) is 41.6. The first-order valence-corrected chi connectivity index (χ1v) is 21.9. The molecule has 47 heavy (non-hydrogen) atoms. The molecule has 0 atom stereocenters. The fraction of sp³-hybridized carbons (Fsp3) is 0.911. The molecule has 2 nitrogen and oxygen atoms in total. The molecular weight excluding hydrogens is 569 g/mol. The quantitative estimate of drug-likeness (QED) is 0.0476. The van der Waals surface area contributed by atoms with Crippen LogP contribution in [0.15, 0.2) is 25.3 Å². The van der Waals surface area contributed by atoms with Gasteiger partial charge in [0, 0.05) is 19.6 Å². The van der Waals surface area contributed by atoms with Gasteiger partial charge < -0.3 is 4.90 Å². The summed E-state index contributed by atoms with van der Waals surface area (Å²) in [5, 5.41) is 0. The summed E-state index contributed by atoms with van der Waals surface area (Å²) in [6.45, 7) is 19.5. The Morgan fingerprint density at radius 2 is 0.489 bits per heavy atom. The lowest BCUT2D eigenvalue weighted by Gasteiger charge is -2.25. The summed E-state index contributed by atoms with van der Waals surface area (Å²) in [5.74, 6) is 0. The lowest BCUT2D eigenvalue weighted by molar-refractivity contribution is 0.235. The molecule has 0 aromatic heterocycles. The molecule has 0 saturated heterocycles. The maximum atomic E-state index is 3.95. The van der Waals surface area contributed by atoms with E-state index in [1.807, 2.05) is 12.2 Å². The van der Waals surface area contributed by atoms with Crippen molar-refractivity contribution in [3.8, 4) is 0 Å². The van der Waals surface area contributed by atoms with Gasteiger partial charge in [-0.25, -0.2) is 0 Å². The zero-order chi connectivity index (χ0) is 34.1. The third-order valence-electron chi connectivity index (χ3n) is 10.4. The van der Waals surface area contributed by atoms with Crippen LogP contribution >= 0.6 is 0 Å². The van der Waals surface area contributed by atoms with Crippen molar-refractivity contribution >= 4 is 0 Å². The van der Waals surface area contributed by atoms with E-state index in [-0.39, 0.29) is 0 Å². The van der Waals surface area contributed by atoms with Crippen LogP contribution in [0.3, 0.4) is 0 Å². The van der Waals surface area contributed by atoms with Crippen molar-refractivity contribution in [2.24, 2.45) is 0 Å². The zero-order valence-corrected chi connectivity index (χ0v) is 33.0. The minimum Gasteiger partial charge on any atom is -0.303 e. The van der Waals surface area contributed by atoms with Gasteiger partial charge in [-0.15, -0.1) is 13.2 Å². The third kappa shape index (κ3) is 38.1. The highest BCUT2D eigenvalue weighted by Crippen LogP contribution is 2.16. The first-order chi connectivity index (χ1) is 23.3. The van der Waals surface area contributed by atoms with E-state index in [1.54, 1.807) is 0 Å². The van der Waals surface area contributed by atoms with Gasteiger partial charge in [0.1, 0.15) is 0 Å². The molecule has 2 heteroatoms. The summed E-state index contributed by atoms with van der Waals surface area (Å²) >= 11 is 0. The summed E-state index contributed by atoms with van der Waals surface area (Å²) < 4.78 is 0. The summed E-state index contributed by atoms with van der Waals surface area (Å²) in [7, 11) is 0. The van der Waals surface area contributed by atoms with Gasteiger partial charge in [-0.3, -0.25) is 4.90 Å². The van der Waals surface area contributed by atoms with Crippen LogP contribution in [0.2, 0.25) is 0 Å². The van der Waals surface area contributed by atoms with Crippen LogP contribution in [0.1, 0.15) is 226 Å². The van der Waals surface area contributed by atoms with Gasteiger partial charge in [-0.05, 0) is 38.9 Å². The van der Waals surface area contributed by atoms with Gasteiger partial charge >= 0.3 is 0 Å². The number of hydrogen-bond donors (Lipinski definition) is 0. The Morgan fingerprint density at radius 3 is 0.745 bits per heavy atom. The van der Waals surface area contributed by atoms with Crippen molar-refractivity contribution in [1.29, 1.82) is 0 Å². The van der Waals surface area contributed by atoms with Crippen LogP contribution in [0.4, 0.5) is 0 Å². The fourth-order valence-corrected chi connectivity index (χ4v) is 7.24. The van der Waals surface area contributed by atoms with E-state index in [2.05, 4.69) is 36.8 Å². The average Bonchev–Trinajstić information content (AvgIpc) is 3.07. The molecule has 0 N–H and O–H groups in total. The summed E-state index contributed by atoms with van der Waals surface area (Å²) in [4.78, 5) is 5.27. The topological polar surface area (TPSA) is 6.48 Å². The second-order valence-electron chi connectivity index (χ2n) is 15.1. The lowest BCUT2D eigenvalue weighted by Crippen LogP contribution is -2.31. The van der Waals surface area contributed by atoms with Crippen LogP contribution in [0, 0.1) is 0 Å². The van der Waals surface area contributed by atoms with Gasteiger partial charge in [0.2, 0.25) is 0 Å². The molecule has 0 aliphatic rings. The first-order valence-electron chi connectivity index (χ1n) is 21.9. The fourth-order valence-electron chi connectivity index (χ4n) is 7.24. The molecular formula is C45H90N2. The van der Waals surface area contributed by atoms with Crippen molar-refractivity contribution in [1.82, 2.24) is 9.80 Å². The highest BCUT2D eigenvalue weighted by atomic mass is 15.1. The Hall–Kier alpha value is -0.600. The van der Waals surface area contributed by atoms with E-state index in [1.165, 1.54) is 232 Å². The Labute approximate surface area is 299 Å². The Bertz CT molecular complexity index is 541. The van der Waals surface area contributed by atoms with Gasteiger partial charge in [0.05, 0.1) is 0 Å². The Kier molecular flexibility index (Phi) is 41.0. The molecule has 0 radical (unpaired) electrons. The van der Waals surface area contributed by atoms with Crippen molar-refractivity contribution in [2.75, 3.05) is 39.3 Å². The normalized spacial score (nSPS) is 11.7. The Morgan fingerprint density at radius 1 is 0.277 bits per heavy atom. The van der Waals surface area contributed by atoms with Gasteiger partial charge in [-0.2, -0.15) is 0 Å². The monoisotopic (exact) mass is 659 g/mol. The molecule has 280 valence electrons. The molecule has 0 aromatic rings. The molecule has 0 unspecified atom stereocenters. The maximum absolute atomic E-state index is 3.95. The van der Waals surface area contributed by atoms with Crippen LogP contribution in [-0.2, 0) is 0 Å². The summed E-state index contributed by atoms with van der Waals surface area (Å²) in [6, 6.07) is 0. The predicted molar refractivity (Wildman–Crippen MR) is 217 cm³/mol. The highest BCUT2D eigenvalue weighted by Gasteiger charge is 2.07. The Balaban J connectivity index is 3.92. The summed E-state index contributed by atoms with van der Waals surface area (Å²) in [5.41, 5.74) is 0. The summed E-state index contributed by atoms with van der Waals surface area (Å²) in [6.07, 6.45) is 51.7. The SMILES string of the molecule is C=CCN(CC=C)CCCN(CCCCCCCCCCCCCCCCCC)CCCCCCCCCCCCCCCCCC. The molecule has 0 heterocycles. The predicted octanol–water partition coefficient (Wildman–Crippen LogP) is 14.9. The van der Waals surface area contributed by atoms with E-state index in [4.69, 9.17) is 0 Å². The van der Waals surface area contributed by atoms with Gasteiger partial charge in [0.15, 0.2) is 0 Å². The molecule has 0 aliphatic carbocycles. The van der Waals surface area contributed by atoms with E-state index in [9.17, 15) is 0 Å². The molecule has 0 aromatic carbocycles. The smallest absolute Gasteiger partial charge is 0.0163 e. The standard InChI is InChI=1S/C45H90N2/c1-5-9-11-13-15-17-19-21-23-25-27-29-31-33-35-37-42-47(45-39-44-46(40-7-3)41-8-4)43-38-36-34-32-30-28-26-24-22-20-18-16-14-12-10-6-2/h7-8H,3-6,9-45H2,1-2H3. The van der Waals surface area contributed by atoms with E-state index >= 15 is 0 Å². The van der Waals surface area contributed by atoms with E-state index in [0.29, 0.717) is 0 Å². The minimum absolute atomic E-state index is 0.976. The first kappa shape index (κ1) is 46.4. The highest BCUT2D eigenvalue weighted by molar-refractivity contribution is 4.80.